The van der Waals surface area contributed by atoms with Gasteiger partial charge in [-0.3, -0.25) is 4.90 Å². The van der Waals surface area contributed by atoms with E-state index in [9.17, 15) is 0 Å². The zero-order valence-electron chi connectivity index (χ0n) is 10.6. The number of fused-ring (bicyclic) bond motifs is 2. The van der Waals surface area contributed by atoms with Gasteiger partial charge in [-0.15, -0.1) is 11.3 Å². The van der Waals surface area contributed by atoms with Crippen LogP contribution >= 0.6 is 11.3 Å². The highest BCUT2D eigenvalue weighted by Crippen LogP contribution is 2.37. The molecule has 0 spiro atoms. The van der Waals surface area contributed by atoms with Crippen LogP contribution < -0.4 is 5.32 Å². The largest absolute Gasteiger partial charge is 0.317 e. The fourth-order valence-corrected chi connectivity index (χ4v) is 4.23. The van der Waals surface area contributed by atoms with Crippen LogP contribution in [-0.2, 0) is 6.54 Å². The molecule has 3 heterocycles. The third-order valence-corrected chi connectivity index (χ3v) is 5.20. The molecular weight excluding hydrogens is 230 g/mol. The van der Waals surface area contributed by atoms with Crippen molar-refractivity contribution in [3.05, 3.63) is 16.1 Å². The molecule has 0 radical (unpaired) electrons. The number of hydrogen-bond donors (Lipinski definition) is 1. The van der Waals surface area contributed by atoms with Crippen molar-refractivity contribution in [3.63, 3.8) is 0 Å². The van der Waals surface area contributed by atoms with Gasteiger partial charge in [0.2, 0.25) is 0 Å². The van der Waals surface area contributed by atoms with E-state index in [0.29, 0.717) is 0 Å². The van der Waals surface area contributed by atoms with E-state index in [1.165, 1.54) is 35.6 Å². The lowest BCUT2D eigenvalue weighted by molar-refractivity contribution is 0.113. The number of nitrogens with zero attached hydrogens (tertiary/aromatic N) is 2. The number of hydrogen-bond acceptors (Lipinski definition) is 4. The number of aromatic nitrogens is 1. The molecule has 2 aliphatic heterocycles. The molecule has 2 saturated heterocycles. The van der Waals surface area contributed by atoms with E-state index in [1.807, 2.05) is 11.3 Å². The second-order valence-electron chi connectivity index (χ2n) is 5.36. The Balaban J connectivity index is 1.69. The summed E-state index contributed by atoms with van der Waals surface area (Å²) >= 11 is 1.85. The third-order valence-electron chi connectivity index (χ3n) is 4.30. The maximum Gasteiger partial charge on any atom is 0.0897 e. The predicted octanol–water partition coefficient (Wildman–Crippen LogP) is 2.17. The molecule has 1 aromatic heterocycles. The van der Waals surface area contributed by atoms with E-state index in [2.05, 4.69) is 35.4 Å². The topological polar surface area (TPSA) is 28.2 Å². The van der Waals surface area contributed by atoms with Crippen molar-refractivity contribution in [2.24, 2.45) is 0 Å². The molecule has 0 saturated carbocycles. The molecule has 4 heteroatoms. The summed E-state index contributed by atoms with van der Waals surface area (Å²) in [6.07, 6.45) is 7.49. The van der Waals surface area contributed by atoms with Crippen molar-refractivity contribution in [2.45, 2.75) is 57.3 Å². The Morgan fingerprint density at radius 2 is 2.12 bits per heavy atom. The molecule has 2 bridgehead atoms. The fourth-order valence-electron chi connectivity index (χ4n) is 3.43. The van der Waals surface area contributed by atoms with Crippen LogP contribution in [0.2, 0.25) is 0 Å². The molecule has 0 aromatic carbocycles. The second-order valence-corrected chi connectivity index (χ2v) is 6.68. The number of piperidine rings is 1. The van der Waals surface area contributed by atoms with Crippen molar-refractivity contribution >= 4 is 11.3 Å². The van der Waals surface area contributed by atoms with Crippen LogP contribution in [0, 0.1) is 6.92 Å². The molecule has 2 fully saturated rings. The number of rotatable bonds is 3. The lowest BCUT2D eigenvalue weighted by Crippen LogP contribution is -2.47. The van der Waals surface area contributed by atoms with E-state index in [4.69, 9.17) is 0 Å². The lowest BCUT2D eigenvalue weighted by atomic mass is 9.97. The quantitative estimate of drug-likeness (QED) is 0.892. The molecular formula is C13H21N3S. The summed E-state index contributed by atoms with van der Waals surface area (Å²) in [6.45, 7) is 3.22. The van der Waals surface area contributed by atoms with Gasteiger partial charge in [-0.1, -0.05) is 0 Å². The van der Waals surface area contributed by atoms with Crippen LogP contribution in [0.25, 0.3) is 0 Å². The van der Waals surface area contributed by atoms with E-state index in [0.717, 1.165) is 24.7 Å². The summed E-state index contributed by atoms with van der Waals surface area (Å²) in [5.41, 5.74) is 0. The van der Waals surface area contributed by atoms with Crippen molar-refractivity contribution in [1.29, 1.82) is 0 Å². The van der Waals surface area contributed by atoms with Gasteiger partial charge in [-0.05, 0) is 39.7 Å². The Kier molecular flexibility index (Phi) is 3.19. The Bertz CT molecular complexity index is 376. The van der Waals surface area contributed by atoms with Gasteiger partial charge in [-0.25, -0.2) is 4.98 Å². The number of thiazole rings is 1. The molecule has 0 aliphatic carbocycles. The van der Waals surface area contributed by atoms with Gasteiger partial charge in [-0.2, -0.15) is 0 Å². The first kappa shape index (κ1) is 11.6. The first-order valence-corrected chi connectivity index (χ1v) is 7.42. The van der Waals surface area contributed by atoms with Crippen molar-refractivity contribution in [1.82, 2.24) is 15.2 Å². The van der Waals surface area contributed by atoms with Crippen LogP contribution in [0.1, 0.15) is 35.6 Å². The minimum absolute atomic E-state index is 0.743. The summed E-state index contributed by atoms with van der Waals surface area (Å²) < 4.78 is 0. The normalized spacial score (nSPS) is 33.2. The fraction of sp³-hybridized carbons (Fsp3) is 0.769. The summed E-state index contributed by atoms with van der Waals surface area (Å²) in [5.74, 6) is 0. The average Bonchev–Trinajstić information content (AvgIpc) is 2.82. The van der Waals surface area contributed by atoms with E-state index in [-0.39, 0.29) is 0 Å². The highest BCUT2D eigenvalue weighted by molar-refractivity contribution is 7.11. The molecule has 1 aromatic rings. The van der Waals surface area contributed by atoms with Gasteiger partial charge in [0.15, 0.2) is 0 Å². The van der Waals surface area contributed by atoms with Crippen LogP contribution in [0.3, 0.4) is 0 Å². The summed E-state index contributed by atoms with van der Waals surface area (Å²) in [7, 11) is 2.10. The summed E-state index contributed by atoms with van der Waals surface area (Å²) in [4.78, 5) is 8.52. The van der Waals surface area contributed by atoms with Gasteiger partial charge in [0.25, 0.3) is 0 Å². The average molecular weight is 251 g/mol. The van der Waals surface area contributed by atoms with Crippen LogP contribution in [0.15, 0.2) is 6.20 Å². The number of nitrogens with one attached hydrogen (secondary N) is 1. The van der Waals surface area contributed by atoms with Gasteiger partial charge in [0, 0.05) is 35.7 Å². The molecule has 17 heavy (non-hydrogen) atoms. The maximum absolute atomic E-state index is 4.36. The first-order chi connectivity index (χ1) is 8.26. The van der Waals surface area contributed by atoms with Gasteiger partial charge in [0.1, 0.15) is 0 Å². The Morgan fingerprint density at radius 3 is 2.65 bits per heavy atom. The van der Waals surface area contributed by atoms with Gasteiger partial charge in [0.05, 0.1) is 5.01 Å². The Labute approximate surface area is 107 Å². The van der Waals surface area contributed by atoms with Crippen molar-refractivity contribution in [3.8, 4) is 0 Å². The minimum Gasteiger partial charge on any atom is -0.317 e. The molecule has 2 atom stereocenters. The molecule has 0 amide bonds. The standard InChI is InChI=1S/C13H21N3S/c1-9-15-7-13(17-9)8-16-11-3-4-12(16)6-10(5-11)14-2/h7,10-12,14H,3-6,8H2,1-2H3. The zero-order valence-corrected chi connectivity index (χ0v) is 11.5. The SMILES string of the molecule is CNC1CC2CCC(C1)N2Cc1cnc(C)s1. The molecule has 94 valence electrons. The van der Waals surface area contributed by atoms with E-state index in [1.54, 1.807) is 0 Å². The van der Waals surface area contributed by atoms with Crippen LogP contribution in [0.5, 0.6) is 0 Å². The van der Waals surface area contributed by atoms with Crippen molar-refractivity contribution in [2.75, 3.05) is 7.05 Å². The monoisotopic (exact) mass is 251 g/mol. The molecule has 2 aliphatic rings. The summed E-state index contributed by atoms with van der Waals surface area (Å²) in [6, 6.07) is 2.34. The second kappa shape index (κ2) is 4.67. The maximum atomic E-state index is 4.36. The van der Waals surface area contributed by atoms with Gasteiger partial charge < -0.3 is 5.32 Å². The van der Waals surface area contributed by atoms with E-state index < -0.39 is 0 Å². The predicted molar refractivity (Wildman–Crippen MR) is 71.3 cm³/mol. The lowest BCUT2D eigenvalue weighted by Gasteiger charge is -2.38. The molecule has 1 N–H and O–H groups in total. The van der Waals surface area contributed by atoms with Crippen LogP contribution in [-0.4, -0.2) is 35.1 Å². The minimum atomic E-state index is 0.743. The zero-order chi connectivity index (χ0) is 11.8. The molecule has 3 nitrogen and oxygen atoms in total. The molecule has 3 rings (SSSR count). The van der Waals surface area contributed by atoms with E-state index >= 15 is 0 Å². The third kappa shape index (κ3) is 2.26. The summed E-state index contributed by atoms with van der Waals surface area (Å²) in [5, 5.41) is 4.65. The highest BCUT2D eigenvalue weighted by atomic mass is 32.1. The van der Waals surface area contributed by atoms with Gasteiger partial charge >= 0.3 is 0 Å². The Morgan fingerprint density at radius 1 is 1.41 bits per heavy atom. The number of aryl methyl sites for hydroxylation is 1. The highest BCUT2D eigenvalue weighted by Gasteiger charge is 2.40. The Hall–Kier alpha value is -0.450. The van der Waals surface area contributed by atoms with Crippen LogP contribution in [0.4, 0.5) is 0 Å². The van der Waals surface area contributed by atoms with Crippen molar-refractivity contribution < 1.29 is 0 Å². The molecule has 2 unspecified atom stereocenters. The first-order valence-electron chi connectivity index (χ1n) is 6.60. The smallest absolute Gasteiger partial charge is 0.0897 e.